The number of rotatable bonds is 5. The van der Waals surface area contributed by atoms with Crippen LogP contribution in [0.4, 0.5) is 11.4 Å². The van der Waals surface area contributed by atoms with Crippen LogP contribution in [0.2, 0.25) is 0 Å². The summed E-state index contributed by atoms with van der Waals surface area (Å²) in [7, 11) is -3.84. The Morgan fingerprint density at radius 3 is 2.72 bits per heavy atom. The third-order valence-electron chi connectivity index (χ3n) is 5.88. The zero-order chi connectivity index (χ0) is 22.9. The Morgan fingerprint density at radius 2 is 2.00 bits per heavy atom. The molecule has 170 valence electrons. The highest BCUT2D eigenvalue weighted by molar-refractivity contribution is 7.89. The lowest BCUT2D eigenvalue weighted by Gasteiger charge is -2.32. The van der Waals surface area contributed by atoms with Gasteiger partial charge in [-0.1, -0.05) is 25.1 Å². The molecule has 2 N–H and O–H groups in total. The second kappa shape index (κ2) is 8.91. The molecule has 0 spiro atoms. The largest absolute Gasteiger partial charge is 0.478 e. The molecule has 2 atom stereocenters. The number of hydrogen-bond donors (Lipinski definition) is 2. The van der Waals surface area contributed by atoms with Crippen molar-refractivity contribution in [2.45, 2.75) is 44.1 Å². The molecule has 8 nitrogen and oxygen atoms in total. The Bertz CT molecular complexity index is 1130. The van der Waals surface area contributed by atoms with Crippen molar-refractivity contribution in [3.05, 3.63) is 48.0 Å². The number of carbonyl (C=O) groups excluding carboxylic acids is 2. The molecule has 0 aliphatic carbocycles. The van der Waals surface area contributed by atoms with Gasteiger partial charge in [0, 0.05) is 24.8 Å². The number of aryl methyl sites for hydroxylation is 1. The zero-order valence-electron chi connectivity index (χ0n) is 18.1. The van der Waals surface area contributed by atoms with Gasteiger partial charge in [-0.15, -0.1) is 0 Å². The Balaban J connectivity index is 1.55. The molecule has 32 heavy (non-hydrogen) atoms. The summed E-state index contributed by atoms with van der Waals surface area (Å²) in [6, 6.07) is 12.2. The van der Waals surface area contributed by atoms with Crippen molar-refractivity contribution in [3.63, 3.8) is 0 Å². The van der Waals surface area contributed by atoms with E-state index in [2.05, 4.69) is 10.6 Å². The van der Waals surface area contributed by atoms with Crippen molar-refractivity contribution in [2.75, 3.05) is 23.7 Å². The fourth-order valence-electron chi connectivity index (χ4n) is 4.11. The molecule has 4 rings (SSSR count). The number of sulfonamides is 1. The normalized spacial score (nSPS) is 21.2. The number of benzene rings is 2. The van der Waals surface area contributed by atoms with Crippen molar-refractivity contribution in [2.24, 2.45) is 5.92 Å². The van der Waals surface area contributed by atoms with Crippen LogP contribution in [0.5, 0.6) is 5.75 Å². The van der Waals surface area contributed by atoms with Gasteiger partial charge in [-0.05, 0) is 49.9 Å². The molecular weight excluding hydrogens is 430 g/mol. The molecule has 0 radical (unpaired) electrons. The SMILES string of the molecule is CC[C@H]1Oc2cc(S(=O)(=O)N3CCC[C@H](C(=O)Nc4ccccc4)C3)c(C)cc2NC1=O. The molecule has 9 heteroatoms. The summed E-state index contributed by atoms with van der Waals surface area (Å²) in [5, 5.41) is 5.65. The van der Waals surface area contributed by atoms with E-state index in [0.717, 1.165) is 0 Å². The molecule has 0 unspecified atom stereocenters. The summed E-state index contributed by atoms with van der Waals surface area (Å²) >= 11 is 0. The number of fused-ring (bicyclic) bond motifs is 1. The van der Waals surface area contributed by atoms with Gasteiger partial charge >= 0.3 is 0 Å². The van der Waals surface area contributed by atoms with Gasteiger partial charge in [0.2, 0.25) is 15.9 Å². The van der Waals surface area contributed by atoms with E-state index >= 15 is 0 Å². The van der Waals surface area contributed by atoms with Crippen LogP contribution in [-0.4, -0.2) is 43.7 Å². The first-order valence-electron chi connectivity index (χ1n) is 10.8. The molecule has 2 aromatic rings. The molecule has 1 fully saturated rings. The fourth-order valence-corrected chi connectivity index (χ4v) is 5.86. The van der Waals surface area contributed by atoms with Crippen LogP contribution in [0, 0.1) is 12.8 Å². The van der Waals surface area contributed by atoms with Gasteiger partial charge in [0.1, 0.15) is 5.75 Å². The standard InChI is InChI=1S/C23H27N3O5S/c1-3-19-23(28)25-18-12-15(2)21(13-20(18)31-19)32(29,30)26-11-7-8-16(14-26)22(27)24-17-9-5-4-6-10-17/h4-6,9-10,12-13,16,19H,3,7-8,11,14H2,1-2H3,(H,24,27)(H,25,28)/t16-,19+/m0/s1. The first kappa shape index (κ1) is 22.3. The van der Waals surface area contributed by atoms with Gasteiger partial charge in [-0.25, -0.2) is 8.42 Å². The number of nitrogens with zero attached hydrogens (tertiary/aromatic N) is 1. The summed E-state index contributed by atoms with van der Waals surface area (Å²) < 4.78 is 34.1. The van der Waals surface area contributed by atoms with E-state index in [0.29, 0.717) is 48.5 Å². The lowest BCUT2D eigenvalue weighted by atomic mass is 9.99. The van der Waals surface area contributed by atoms with E-state index in [1.54, 1.807) is 25.1 Å². The first-order valence-corrected chi connectivity index (χ1v) is 12.2. The van der Waals surface area contributed by atoms with E-state index in [-0.39, 0.29) is 23.3 Å². The third kappa shape index (κ3) is 4.35. The second-order valence-corrected chi connectivity index (χ2v) is 10.1. The van der Waals surface area contributed by atoms with E-state index < -0.39 is 22.0 Å². The van der Waals surface area contributed by atoms with Crippen LogP contribution in [0.3, 0.4) is 0 Å². The quantitative estimate of drug-likeness (QED) is 0.718. The summed E-state index contributed by atoms with van der Waals surface area (Å²) in [5.41, 5.74) is 1.67. The van der Waals surface area contributed by atoms with Crippen LogP contribution < -0.4 is 15.4 Å². The van der Waals surface area contributed by atoms with Gasteiger partial charge in [0.15, 0.2) is 6.10 Å². The molecular formula is C23H27N3O5S. The topological polar surface area (TPSA) is 105 Å². The van der Waals surface area contributed by atoms with E-state index in [1.165, 1.54) is 10.4 Å². The third-order valence-corrected chi connectivity index (χ3v) is 7.89. The molecule has 0 bridgehead atoms. The monoisotopic (exact) mass is 457 g/mol. The Kier molecular flexibility index (Phi) is 6.21. The number of amides is 2. The molecule has 2 aliphatic rings. The van der Waals surface area contributed by atoms with Crippen LogP contribution in [-0.2, 0) is 19.6 Å². The average Bonchev–Trinajstić information content (AvgIpc) is 2.79. The van der Waals surface area contributed by atoms with Crippen molar-refractivity contribution < 1.29 is 22.7 Å². The lowest BCUT2D eigenvalue weighted by molar-refractivity contribution is -0.123. The highest BCUT2D eigenvalue weighted by Crippen LogP contribution is 2.36. The minimum Gasteiger partial charge on any atom is -0.478 e. The molecule has 2 amide bonds. The first-order chi connectivity index (χ1) is 15.3. The Morgan fingerprint density at radius 1 is 1.25 bits per heavy atom. The van der Waals surface area contributed by atoms with Crippen LogP contribution in [0.1, 0.15) is 31.7 Å². The number of ether oxygens (including phenoxy) is 1. The fraction of sp³-hybridized carbons (Fsp3) is 0.391. The maximum absolute atomic E-state index is 13.5. The average molecular weight is 458 g/mol. The predicted octanol–water partition coefficient (Wildman–Crippen LogP) is 3.14. The minimum atomic E-state index is -3.84. The zero-order valence-corrected chi connectivity index (χ0v) is 18.9. The highest BCUT2D eigenvalue weighted by Gasteiger charge is 2.36. The molecule has 2 aromatic carbocycles. The summed E-state index contributed by atoms with van der Waals surface area (Å²) in [6.45, 7) is 3.99. The van der Waals surface area contributed by atoms with Crippen LogP contribution >= 0.6 is 0 Å². The van der Waals surface area contributed by atoms with E-state index in [4.69, 9.17) is 4.74 Å². The van der Waals surface area contributed by atoms with Gasteiger partial charge < -0.3 is 15.4 Å². The number of carbonyl (C=O) groups is 2. The van der Waals surface area contributed by atoms with Crippen molar-refractivity contribution >= 4 is 33.2 Å². The second-order valence-electron chi connectivity index (χ2n) is 8.18. The smallest absolute Gasteiger partial charge is 0.265 e. The highest BCUT2D eigenvalue weighted by atomic mass is 32.2. The van der Waals surface area contributed by atoms with Gasteiger partial charge in [-0.2, -0.15) is 4.31 Å². The molecule has 2 heterocycles. The lowest BCUT2D eigenvalue weighted by Crippen LogP contribution is -2.44. The molecule has 0 aromatic heterocycles. The Labute approximate surface area is 188 Å². The van der Waals surface area contributed by atoms with Crippen LogP contribution in [0.25, 0.3) is 0 Å². The maximum atomic E-state index is 13.5. The maximum Gasteiger partial charge on any atom is 0.265 e. The number of nitrogens with one attached hydrogen (secondary N) is 2. The number of hydrogen-bond acceptors (Lipinski definition) is 5. The summed E-state index contributed by atoms with van der Waals surface area (Å²) in [5.74, 6) is -0.513. The van der Waals surface area contributed by atoms with Crippen molar-refractivity contribution in [1.29, 1.82) is 0 Å². The van der Waals surface area contributed by atoms with Crippen molar-refractivity contribution in [3.8, 4) is 5.75 Å². The van der Waals surface area contributed by atoms with E-state index in [9.17, 15) is 18.0 Å². The predicted molar refractivity (Wildman–Crippen MR) is 121 cm³/mol. The van der Waals surface area contributed by atoms with Crippen LogP contribution in [0.15, 0.2) is 47.4 Å². The summed E-state index contributed by atoms with van der Waals surface area (Å²) in [6.07, 6.45) is 1.05. The van der Waals surface area contributed by atoms with Gasteiger partial charge in [0.25, 0.3) is 5.91 Å². The Hall–Kier alpha value is -2.91. The number of anilines is 2. The number of para-hydroxylation sites is 1. The minimum absolute atomic E-state index is 0.118. The van der Waals surface area contributed by atoms with Crippen molar-refractivity contribution in [1.82, 2.24) is 4.31 Å². The molecule has 1 saturated heterocycles. The summed E-state index contributed by atoms with van der Waals surface area (Å²) in [4.78, 5) is 24.9. The molecule has 2 aliphatic heterocycles. The molecule has 0 saturated carbocycles. The van der Waals surface area contributed by atoms with E-state index in [1.807, 2.05) is 25.1 Å². The van der Waals surface area contributed by atoms with Gasteiger partial charge in [-0.3, -0.25) is 9.59 Å². The number of piperidine rings is 1. The van der Waals surface area contributed by atoms with Gasteiger partial charge in [0.05, 0.1) is 16.5 Å².